The third kappa shape index (κ3) is 5.68. The number of hydrogen-bond donors (Lipinski definition) is 1. The van der Waals surface area contributed by atoms with Gasteiger partial charge in [0.2, 0.25) is 0 Å². The van der Waals surface area contributed by atoms with Crippen LogP contribution in [0.15, 0.2) is 30.3 Å². The SMILES string of the molecule is Cc1c(C(=O)NC(C)CN(C)C)cc(C(C)(C)C)n1CCc1ccc(F)cc1. The average molecular weight is 388 g/mol. The molecule has 5 heteroatoms. The number of amides is 1. The molecule has 0 aliphatic carbocycles. The van der Waals surface area contributed by atoms with Crippen molar-refractivity contribution < 1.29 is 9.18 Å². The first-order valence-electron chi connectivity index (χ1n) is 9.89. The summed E-state index contributed by atoms with van der Waals surface area (Å²) in [4.78, 5) is 14.9. The molecule has 28 heavy (non-hydrogen) atoms. The summed E-state index contributed by atoms with van der Waals surface area (Å²) in [6, 6.07) is 8.73. The van der Waals surface area contributed by atoms with Crippen LogP contribution < -0.4 is 5.32 Å². The molecule has 1 amide bonds. The number of carbonyl (C=O) groups excluding carboxylic acids is 1. The molecular weight excluding hydrogens is 353 g/mol. The highest BCUT2D eigenvalue weighted by atomic mass is 19.1. The fourth-order valence-corrected chi connectivity index (χ4v) is 3.57. The number of benzene rings is 1. The van der Waals surface area contributed by atoms with Gasteiger partial charge in [-0.1, -0.05) is 32.9 Å². The Labute approximate surface area is 168 Å². The predicted octanol–water partition coefficient (Wildman–Crippen LogP) is 4.16. The normalized spacial score (nSPS) is 13.0. The van der Waals surface area contributed by atoms with Crippen LogP contribution in [-0.4, -0.2) is 42.1 Å². The van der Waals surface area contributed by atoms with Crippen molar-refractivity contribution in [3.8, 4) is 0 Å². The predicted molar refractivity (Wildman–Crippen MR) is 113 cm³/mol. The van der Waals surface area contributed by atoms with Gasteiger partial charge in [0.25, 0.3) is 5.91 Å². The molecule has 1 N–H and O–H groups in total. The van der Waals surface area contributed by atoms with Crippen molar-refractivity contribution in [2.75, 3.05) is 20.6 Å². The number of carbonyl (C=O) groups is 1. The first-order valence-corrected chi connectivity index (χ1v) is 9.89. The Hall–Kier alpha value is -2.14. The Morgan fingerprint density at radius 3 is 2.36 bits per heavy atom. The molecule has 1 heterocycles. The van der Waals surface area contributed by atoms with E-state index in [4.69, 9.17) is 0 Å². The van der Waals surface area contributed by atoms with E-state index in [-0.39, 0.29) is 23.2 Å². The summed E-state index contributed by atoms with van der Waals surface area (Å²) >= 11 is 0. The highest BCUT2D eigenvalue weighted by Gasteiger charge is 2.25. The number of rotatable bonds is 7. The maximum absolute atomic E-state index is 13.2. The van der Waals surface area contributed by atoms with Crippen LogP contribution in [0.25, 0.3) is 0 Å². The lowest BCUT2D eigenvalue weighted by molar-refractivity contribution is 0.0933. The van der Waals surface area contributed by atoms with Gasteiger partial charge in [0.05, 0.1) is 5.56 Å². The zero-order valence-electron chi connectivity index (χ0n) is 18.3. The smallest absolute Gasteiger partial charge is 0.253 e. The molecule has 1 aromatic heterocycles. The van der Waals surface area contributed by atoms with E-state index < -0.39 is 0 Å². The van der Waals surface area contributed by atoms with Gasteiger partial charge >= 0.3 is 0 Å². The number of likely N-dealkylation sites (N-methyl/N-ethyl adjacent to an activating group) is 1. The Bertz CT molecular complexity index is 800. The number of hydrogen-bond acceptors (Lipinski definition) is 2. The molecular formula is C23H34FN3O. The van der Waals surface area contributed by atoms with Gasteiger partial charge in [0, 0.05) is 35.9 Å². The molecule has 0 saturated heterocycles. The quantitative estimate of drug-likeness (QED) is 0.775. The van der Waals surface area contributed by atoms with Crippen LogP contribution in [0.4, 0.5) is 4.39 Å². The lowest BCUT2D eigenvalue weighted by atomic mass is 9.91. The Kier molecular flexibility index (Phi) is 7.05. The number of aryl methyl sites for hydroxylation is 1. The molecule has 0 spiro atoms. The van der Waals surface area contributed by atoms with Crippen molar-refractivity contribution in [3.63, 3.8) is 0 Å². The zero-order chi connectivity index (χ0) is 21.1. The van der Waals surface area contributed by atoms with Gasteiger partial charge in [0.1, 0.15) is 5.82 Å². The van der Waals surface area contributed by atoms with Crippen LogP contribution in [0, 0.1) is 12.7 Å². The van der Waals surface area contributed by atoms with Crippen LogP contribution >= 0.6 is 0 Å². The molecule has 1 unspecified atom stereocenters. The molecule has 1 atom stereocenters. The van der Waals surface area contributed by atoms with Crippen molar-refractivity contribution in [1.29, 1.82) is 0 Å². The number of aromatic nitrogens is 1. The van der Waals surface area contributed by atoms with E-state index in [9.17, 15) is 9.18 Å². The Morgan fingerprint density at radius 1 is 1.21 bits per heavy atom. The highest BCUT2D eigenvalue weighted by Crippen LogP contribution is 2.28. The Balaban J connectivity index is 2.26. The molecule has 0 radical (unpaired) electrons. The highest BCUT2D eigenvalue weighted by molar-refractivity contribution is 5.96. The summed E-state index contributed by atoms with van der Waals surface area (Å²) in [5.74, 6) is -0.250. The molecule has 0 fully saturated rings. The van der Waals surface area contributed by atoms with Crippen LogP contribution in [0.3, 0.4) is 0 Å². The van der Waals surface area contributed by atoms with Gasteiger partial charge in [-0.05, 0) is 58.1 Å². The Morgan fingerprint density at radius 2 is 1.82 bits per heavy atom. The summed E-state index contributed by atoms with van der Waals surface area (Å²) < 4.78 is 15.4. The molecule has 2 aromatic rings. The summed E-state index contributed by atoms with van der Waals surface area (Å²) in [6.07, 6.45) is 0.789. The maximum atomic E-state index is 13.2. The fourth-order valence-electron chi connectivity index (χ4n) is 3.57. The number of halogens is 1. The van der Waals surface area contributed by atoms with Crippen molar-refractivity contribution in [2.45, 2.75) is 59.0 Å². The van der Waals surface area contributed by atoms with Crippen molar-refractivity contribution in [2.24, 2.45) is 0 Å². The first-order chi connectivity index (χ1) is 13.0. The number of nitrogens with zero attached hydrogens (tertiary/aromatic N) is 2. The molecule has 0 aliphatic rings. The van der Waals surface area contributed by atoms with Gasteiger partial charge < -0.3 is 14.8 Å². The van der Waals surface area contributed by atoms with Crippen LogP contribution in [-0.2, 0) is 18.4 Å². The minimum atomic E-state index is -0.220. The van der Waals surface area contributed by atoms with Crippen molar-refractivity contribution >= 4 is 5.91 Å². The van der Waals surface area contributed by atoms with Gasteiger partial charge in [-0.2, -0.15) is 0 Å². The third-order valence-electron chi connectivity index (χ3n) is 4.93. The van der Waals surface area contributed by atoms with E-state index in [2.05, 4.69) is 35.6 Å². The van der Waals surface area contributed by atoms with E-state index in [1.54, 1.807) is 0 Å². The van der Waals surface area contributed by atoms with Crippen LogP contribution in [0.2, 0.25) is 0 Å². The van der Waals surface area contributed by atoms with Gasteiger partial charge in [0.15, 0.2) is 0 Å². The van der Waals surface area contributed by atoms with Crippen molar-refractivity contribution in [3.05, 3.63) is 58.7 Å². The summed E-state index contributed by atoms with van der Waals surface area (Å²) in [6.45, 7) is 12.0. The second-order valence-corrected chi connectivity index (χ2v) is 8.94. The zero-order valence-corrected chi connectivity index (χ0v) is 18.3. The van der Waals surface area contributed by atoms with E-state index in [0.29, 0.717) is 0 Å². The summed E-state index contributed by atoms with van der Waals surface area (Å²) in [7, 11) is 4.00. The monoisotopic (exact) mass is 387 g/mol. The van der Waals surface area contributed by atoms with Crippen LogP contribution in [0.5, 0.6) is 0 Å². The average Bonchev–Trinajstić information content (AvgIpc) is 2.90. The first kappa shape index (κ1) is 22.2. The van der Waals surface area contributed by atoms with Crippen LogP contribution in [0.1, 0.15) is 55.0 Å². The third-order valence-corrected chi connectivity index (χ3v) is 4.93. The molecule has 0 aliphatic heterocycles. The lowest BCUT2D eigenvalue weighted by Crippen LogP contribution is -2.39. The van der Waals surface area contributed by atoms with Gasteiger partial charge in [-0.25, -0.2) is 4.39 Å². The standard InChI is InChI=1S/C23H34FN3O/c1-16(15-26(6)7)25-22(28)20-14-21(23(3,4)5)27(17(20)2)13-12-18-8-10-19(24)11-9-18/h8-11,14,16H,12-13,15H2,1-7H3,(H,25,28). The molecule has 154 valence electrons. The molecule has 0 saturated carbocycles. The number of nitrogens with one attached hydrogen (secondary N) is 1. The molecule has 1 aromatic carbocycles. The minimum Gasteiger partial charge on any atom is -0.348 e. The fraction of sp³-hybridized carbons (Fsp3) is 0.522. The second kappa shape index (κ2) is 8.91. The minimum absolute atomic E-state index is 0.0297. The van der Waals surface area contributed by atoms with Gasteiger partial charge in [-0.15, -0.1) is 0 Å². The van der Waals surface area contributed by atoms with E-state index in [1.165, 1.54) is 12.1 Å². The molecule has 0 bridgehead atoms. The van der Waals surface area contributed by atoms with Gasteiger partial charge in [-0.3, -0.25) is 4.79 Å². The summed E-state index contributed by atoms with van der Waals surface area (Å²) in [5.41, 5.74) is 3.84. The maximum Gasteiger partial charge on any atom is 0.253 e. The second-order valence-electron chi connectivity index (χ2n) is 8.94. The largest absolute Gasteiger partial charge is 0.348 e. The summed E-state index contributed by atoms with van der Waals surface area (Å²) in [5, 5.41) is 3.10. The van der Waals surface area contributed by atoms with E-state index in [0.717, 1.165) is 42.0 Å². The van der Waals surface area contributed by atoms with E-state index in [1.807, 2.05) is 46.1 Å². The van der Waals surface area contributed by atoms with E-state index >= 15 is 0 Å². The molecule has 2 rings (SSSR count). The van der Waals surface area contributed by atoms with Crippen molar-refractivity contribution in [1.82, 2.24) is 14.8 Å². The topological polar surface area (TPSA) is 37.3 Å². The lowest BCUT2D eigenvalue weighted by Gasteiger charge is -2.22. The molecule has 4 nitrogen and oxygen atoms in total.